The summed E-state index contributed by atoms with van der Waals surface area (Å²) in [6.07, 6.45) is 1.32. The van der Waals surface area contributed by atoms with Gasteiger partial charge in [-0.15, -0.1) is 0 Å². The number of carbonyl (C=O) groups excluding carboxylic acids is 1. The molecule has 134 valence electrons. The van der Waals surface area contributed by atoms with Crippen molar-refractivity contribution in [2.75, 3.05) is 30.4 Å². The first kappa shape index (κ1) is 18.8. The summed E-state index contributed by atoms with van der Waals surface area (Å²) in [5.41, 5.74) is 2.79. The van der Waals surface area contributed by atoms with E-state index in [4.69, 9.17) is 5.11 Å². The summed E-state index contributed by atoms with van der Waals surface area (Å²) in [5.74, 6) is 0. The van der Waals surface area contributed by atoms with Crippen LogP contribution in [-0.2, 0) is 0 Å². The van der Waals surface area contributed by atoms with E-state index in [1.807, 2.05) is 61.6 Å². The first-order valence-corrected chi connectivity index (χ1v) is 8.69. The number of amides is 2. The Labute approximate surface area is 149 Å². The zero-order valence-electron chi connectivity index (χ0n) is 14.9. The molecule has 0 aliphatic rings. The van der Waals surface area contributed by atoms with E-state index >= 15 is 0 Å². The van der Waals surface area contributed by atoms with Crippen molar-refractivity contribution in [3.8, 4) is 0 Å². The summed E-state index contributed by atoms with van der Waals surface area (Å²) in [7, 11) is 1.99. The fourth-order valence-corrected chi connectivity index (χ4v) is 2.70. The number of hydrogen-bond donors (Lipinski definition) is 3. The van der Waals surface area contributed by atoms with Crippen molar-refractivity contribution in [2.24, 2.45) is 0 Å². The van der Waals surface area contributed by atoms with Crippen molar-refractivity contribution in [1.29, 1.82) is 0 Å². The predicted molar refractivity (Wildman–Crippen MR) is 103 cm³/mol. The summed E-state index contributed by atoms with van der Waals surface area (Å²) in [5, 5.41) is 15.1. The van der Waals surface area contributed by atoms with Gasteiger partial charge in [0, 0.05) is 20.2 Å². The number of aliphatic hydroxyl groups excluding tert-OH is 1. The quantitative estimate of drug-likeness (QED) is 0.685. The monoisotopic (exact) mass is 341 g/mol. The number of carbonyl (C=O) groups is 1. The molecule has 0 aliphatic heterocycles. The Kier molecular flexibility index (Phi) is 7.29. The number of para-hydroxylation sites is 2. The van der Waals surface area contributed by atoms with Crippen LogP contribution in [0.1, 0.15) is 31.4 Å². The molecule has 2 rings (SSSR count). The topological polar surface area (TPSA) is 64.6 Å². The van der Waals surface area contributed by atoms with Crippen LogP contribution in [0.3, 0.4) is 0 Å². The van der Waals surface area contributed by atoms with E-state index in [1.165, 1.54) is 0 Å². The second kappa shape index (κ2) is 9.69. The Bertz CT molecular complexity index is 661. The number of nitrogens with zero attached hydrogens (tertiary/aromatic N) is 1. The molecule has 0 aromatic heterocycles. The average Bonchev–Trinajstić information content (AvgIpc) is 2.65. The van der Waals surface area contributed by atoms with Gasteiger partial charge in [-0.25, -0.2) is 4.79 Å². The smallest absolute Gasteiger partial charge is 0.319 e. The van der Waals surface area contributed by atoms with Gasteiger partial charge in [0.15, 0.2) is 0 Å². The van der Waals surface area contributed by atoms with E-state index in [1.54, 1.807) is 0 Å². The molecule has 2 aromatic carbocycles. The van der Waals surface area contributed by atoms with Crippen LogP contribution in [0, 0.1) is 0 Å². The largest absolute Gasteiger partial charge is 0.396 e. The highest BCUT2D eigenvalue weighted by Crippen LogP contribution is 2.25. The maximum absolute atomic E-state index is 12.5. The van der Waals surface area contributed by atoms with Crippen LogP contribution >= 0.6 is 0 Å². The van der Waals surface area contributed by atoms with Crippen LogP contribution in [0.5, 0.6) is 0 Å². The minimum Gasteiger partial charge on any atom is -0.396 e. The number of anilines is 2. The van der Waals surface area contributed by atoms with Gasteiger partial charge in [-0.3, -0.25) is 0 Å². The molecule has 0 aliphatic carbocycles. The standard InChI is InChI=1S/C20H27N3O2/c1-3-23(2)19-14-8-7-12-18(19)22-20(25)21-17(13-9-15-24)16-10-5-4-6-11-16/h4-8,10-12,14,17,24H,3,9,13,15H2,1-2H3,(H2,21,22,25). The highest BCUT2D eigenvalue weighted by molar-refractivity contribution is 5.93. The van der Waals surface area contributed by atoms with Crippen LogP contribution in [0.25, 0.3) is 0 Å². The third-order valence-electron chi connectivity index (χ3n) is 4.20. The molecular weight excluding hydrogens is 314 g/mol. The Morgan fingerprint density at radius 1 is 1.12 bits per heavy atom. The Morgan fingerprint density at radius 3 is 2.48 bits per heavy atom. The first-order chi connectivity index (χ1) is 12.2. The van der Waals surface area contributed by atoms with Gasteiger partial charge in [-0.05, 0) is 37.5 Å². The minimum absolute atomic E-state index is 0.108. The molecule has 2 aromatic rings. The third-order valence-corrected chi connectivity index (χ3v) is 4.20. The fraction of sp³-hybridized carbons (Fsp3) is 0.350. The van der Waals surface area contributed by atoms with Gasteiger partial charge in [-0.1, -0.05) is 42.5 Å². The molecule has 0 spiro atoms. The Balaban J connectivity index is 2.09. The molecule has 5 nitrogen and oxygen atoms in total. The second-order valence-electron chi connectivity index (χ2n) is 5.96. The van der Waals surface area contributed by atoms with Crippen LogP contribution < -0.4 is 15.5 Å². The van der Waals surface area contributed by atoms with Crippen LogP contribution in [0.2, 0.25) is 0 Å². The van der Waals surface area contributed by atoms with E-state index in [2.05, 4.69) is 22.5 Å². The van der Waals surface area contributed by atoms with Crippen LogP contribution in [0.4, 0.5) is 16.2 Å². The van der Waals surface area contributed by atoms with Gasteiger partial charge in [0.05, 0.1) is 17.4 Å². The van der Waals surface area contributed by atoms with E-state index in [0.29, 0.717) is 12.8 Å². The summed E-state index contributed by atoms with van der Waals surface area (Å²) < 4.78 is 0. The maximum Gasteiger partial charge on any atom is 0.319 e. The zero-order valence-corrected chi connectivity index (χ0v) is 14.9. The zero-order chi connectivity index (χ0) is 18.1. The minimum atomic E-state index is -0.247. The van der Waals surface area contributed by atoms with Gasteiger partial charge < -0.3 is 20.6 Å². The summed E-state index contributed by atoms with van der Waals surface area (Å²) >= 11 is 0. The van der Waals surface area contributed by atoms with Crippen molar-refractivity contribution in [3.05, 3.63) is 60.2 Å². The van der Waals surface area contributed by atoms with Gasteiger partial charge in [0.2, 0.25) is 0 Å². The van der Waals surface area contributed by atoms with Gasteiger partial charge in [0.25, 0.3) is 0 Å². The van der Waals surface area contributed by atoms with Crippen LogP contribution in [-0.4, -0.2) is 31.3 Å². The van der Waals surface area contributed by atoms with Crippen molar-refractivity contribution < 1.29 is 9.90 Å². The molecule has 0 saturated carbocycles. The molecular formula is C20H27N3O2. The molecule has 2 amide bonds. The Morgan fingerprint density at radius 2 is 1.80 bits per heavy atom. The number of benzene rings is 2. The van der Waals surface area contributed by atoms with E-state index in [-0.39, 0.29) is 18.7 Å². The molecule has 0 heterocycles. The lowest BCUT2D eigenvalue weighted by Crippen LogP contribution is -2.33. The third kappa shape index (κ3) is 5.50. The molecule has 0 saturated heterocycles. The number of hydrogen-bond acceptors (Lipinski definition) is 3. The molecule has 25 heavy (non-hydrogen) atoms. The lowest BCUT2D eigenvalue weighted by atomic mass is 10.0. The van der Waals surface area contributed by atoms with E-state index in [9.17, 15) is 4.79 Å². The summed E-state index contributed by atoms with van der Waals surface area (Å²) in [4.78, 5) is 14.6. The predicted octanol–water partition coefficient (Wildman–Crippen LogP) is 3.78. The summed E-state index contributed by atoms with van der Waals surface area (Å²) in [6, 6.07) is 17.2. The molecule has 3 N–H and O–H groups in total. The Hall–Kier alpha value is -2.53. The highest BCUT2D eigenvalue weighted by atomic mass is 16.3. The molecule has 1 unspecified atom stereocenters. The fourth-order valence-electron chi connectivity index (χ4n) is 2.70. The lowest BCUT2D eigenvalue weighted by Gasteiger charge is -2.23. The van der Waals surface area contributed by atoms with Crippen LogP contribution in [0.15, 0.2) is 54.6 Å². The van der Waals surface area contributed by atoms with Crippen molar-refractivity contribution in [2.45, 2.75) is 25.8 Å². The van der Waals surface area contributed by atoms with Crippen molar-refractivity contribution >= 4 is 17.4 Å². The lowest BCUT2D eigenvalue weighted by molar-refractivity contribution is 0.244. The van der Waals surface area contributed by atoms with E-state index < -0.39 is 0 Å². The molecule has 0 radical (unpaired) electrons. The van der Waals surface area contributed by atoms with Gasteiger partial charge in [0.1, 0.15) is 0 Å². The first-order valence-electron chi connectivity index (χ1n) is 8.69. The van der Waals surface area contributed by atoms with Gasteiger partial charge in [-0.2, -0.15) is 0 Å². The molecule has 0 bridgehead atoms. The normalized spacial score (nSPS) is 11.6. The van der Waals surface area contributed by atoms with Gasteiger partial charge >= 0.3 is 6.03 Å². The number of rotatable bonds is 8. The second-order valence-corrected chi connectivity index (χ2v) is 5.96. The SMILES string of the molecule is CCN(C)c1ccccc1NC(=O)NC(CCCO)c1ccccc1. The maximum atomic E-state index is 12.5. The number of aliphatic hydroxyl groups is 1. The van der Waals surface area contributed by atoms with E-state index in [0.717, 1.165) is 23.5 Å². The van der Waals surface area contributed by atoms with Crippen molar-refractivity contribution in [1.82, 2.24) is 5.32 Å². The number of urea groups is 1. The number of nitrogens with one attached hydrogen (secondary N) is 2. The highest BCUT2D eigenvalue weighted by Gasteiger charge is 2.15. The molecule has 0 fully saturated rings. The summed E-state index contributed by atoms with van der Waals surface area (Å²) in [6.45, 7) is 3.03. The molecule has 1 atom stereocenters. The van der Waals surface area contributed by atoms with Crippen molar-refractivity contribution in [3.63, 3.8) is 0 Å². The average molecular weight is 341 g/mol. The molecule has 5 heteroatoms.